The lowest BCUT2D eigenvalue weighted by atomic mass is 10.1. The number of likely N-dealkylation sites (tertiary alicyclic amines) is 1. The van der Waals surface area contributed by atoms with Crippen molar-refractivity contribution in [2.45, 2.75) is 44.4 Å². The molecule has 1 amide bonds. The molecule has 0 aromatic rings. The Morgan fingerprint density at radius 2 is 2.06 bits per heavy atom. The van der Waals surface area contributed by atoms with E-state index in [1.807, 2.05) is 32.9 Å². The highest BCUT2D eigenvalue weighted by Gasteiger charge is 2.55. The fourth-order valence-electron chi connectivity index (χ4n) is 2.20. The summed E-state index contributed by atoms with van der Waals surface area (Å²) < 4.78 is 10.8. The molecule has 1 spiro atoms. The monoisotopic (exact) mass is 225 g/mol. The van der Waals surface area contributed by atoms with Crippen LogP contribution in [0.5, 0.6) is 0 Å². The highest BCUT2D eigenvalue weighted by Crippen LogP contribution is 2.43. The fourth-order valence-corrected chi connectivity index (χ4v) is 2.20. The van der Waals surface area contributed by atoms with Crippen LogP contribution in [-0.2, 0) is 9.47 Å². The Bertz CT molecular complexity index is 324. The number of nitrogens with zero attached hydrogens (tertiary/aromatic N) is 1. The molecular weight excluding hydrogens is 206 g/mol. The van der Waals surface area contributed by atoms with Gasteiger partial charge in [0.25, 0.3) is 0 Å². The van der Waals surface area contributed by atoms with E-state index < -0.39 is 5.60 Å². The van der Waals surface area contributed by atoms with Gasteiger partial charge in [0.15, 0.2) is 0 Å². The lowest BCUT2D eigenvalue weighted by Gasteiger charge is -2.30. The van der Waals surface area contributed by atoms with Gasteiger partial charge in [-0.2, -0.15) is 0 Å². The number of amides is 1. The molecule has 1 unspecified atom stereocenters. The van der Waals surface area contributed by atoms with Crippen molar-refractivity contribution in [3.8, 4) is 0 Å². The molecule has 2 aliphatic rings. The number of hydrogen-bond donors (Lipinski definition) is 0. The first-order valence-corrected chi connectivity index (χ1v) is 5.63. The molecule has 0 aromatic carbocycles. The number of ether oxygens (including phenoxy) is 2. The van der Waals surface area contributed by atoms with Crippen LogP contribution in [0.1, 0.15) is 27.2 Å². The molecule has 16 heavy (non-hydrogen) atoms. The van der Waals surface area contributed by atoms with E-state index in [-0.39, 0.29) is 17.7 Å². The molecule has 1 aliphatic heterocycles. The van der Waals surface area contributed by atoms with E-state index in [0.717, 1.165) is 6.42 Å². The summed E-state index contributed by atoms with van der Waals surface area (Å²) in [4.78, 5) is 13.7. The van der Waals surface area contributed by atoms with Crippen LogP contribution >= 0.6 is 0 Å². The van der Waals surface area contributed by atoms with E-state index in [1.165, 1.54) is 0 Å². The molecule has 1 aliphatic carbocycles. The first kappa shape index (κ1) is 11.5. The normalized spacial score (nSPS) is 26.2. The summed E-state index contributed by atoms with van der Waals surface area (Å²) in [5.74, 6) is 0. The number of carbonyl (C=O) groups excluding carboxylic acids is 1. The molecule has 2 rings (SSSR count). The zero-order valence-corrected chi connectivity index (χ0v) is 10.3. The third kappa shape index (κ3) is 1.82. The number of hydrogen-bond acceptors (Lipinski definition) is 3. The van der Waals surface area contributed by atoms with Crippen LogP contribution in [0.3, 0.4) is 0 Å². The smallest absolute Gasteiger partial charge is 0.411 e. The molecule has 0 aromatic heterocycles. The molecule has 0 N–H and O–H groups in total. The quantitative estimate of drug-likeness (QED) is 0.640. The molecule has 0 radical (unpaired) electrons. The minimum Gasteiger partial charge on any atom is -0.444 e. The Hall–Kier alpha value is -1.03. The summed E-state index contributed by atoms with van der Waals surface area (Å²) in [6.45, 7) is 6.33. The van der Waals surface area contributed by atoms with Gasteiger partial charge in [0, 0.05) is 13.7 Å². The SMILES string of the molecule is COC1CCN(C(=O)OC(C)(C)C)C12C=C2. The van der Waals surface area contributed by atoms with Crippen LogP contribution < -0.4 is 0 Å². The van der Waals surface area contributed by atoms with Crippen molar-refractivity contribution in [1.29, 1.82) is 0 Å². The van der Waals surface area contributed by atoms with Gasteiger partial charge >= 0.3 is 6.09 Å². The second-order valence-electron chi connectivity index (χ2n) is 5.37. The van der Waals surface area contributed by atoms with E-state index in [4.69, 9.17) is 9.47 Å². The van der Waals surface area contributed by atoms with Crippen LogP contribution in [0, 0.1) is 0 Å². The second kappa shape index (κ2) is 3.48. The van der Waals surface area contributed by atoms with Gasteiger partial charge in [0.2, 0.25) is 0 Å². The number of rotatable bonds is 1. The number of carbonyl (C=O) groups is 1. The minimum absolute atomic E-state index is 0.0834. The Kier molecular flexibility index (Phi) is 2.49. The van der Waals surface area contributed by atoms with Gasteiger partial charge in [-0.25, -0.2) is 4.79 Å². The van der Waals surface area contributed by atoms with Crippen LogP contribution in [-0.4, -0.2) is 41.9 Å². The van der Waals surface area contributed by atoms with Crippen LogP contribution in [0.25, 0.3) is 0 Å². The van der Waals surface area contributed by atoms with Crippen molar-refractivity contribution in [2.24, 2.45) is 0 Å². The maximum absolute atomic E-state index is 12.0. The van der Waals surface area contributed by atoms with Crippen LogP contribution in [0.15, 0.2) is 12.2 Å². The van der Waals surface area contributed by atoms with E-state index in [1.54, 1.807) is 12.0 Å². The minimum atomic E-state index is -0.446. The molecule has 4 heteroatoms. The summed E-state index contributed by atoms with van der Waals surface area (Å²) in [5, 5.41) is 0. The molecule has 0 bridgehead atoms. The summed E-state index contributed by atoms with van der Waals surface area (Å²) in [5.41, 5.74) is -0.741. The molecule has 90 valence electrons. The molecule has 4 nitrogen and oxygen atoms in total. The van der Waals surface area contributed by atoms with Gasteiger partial charge < -0.3 is 9.47 Å². The van der Waals surface area contributed by atoms with Gasteiger partial charge in [-0.3, -0.25) is 4.90 Å². The topological polar surface area (TPSA) is 38.8 Å². The molecule has 1 heterocycles. The average molecular weight is 225 g/mol. The first-order valence-electron chi connectivity index (χ1n) is 5.63. The maximum Gasteiger partial charge on any atom is 0.411 e. The molecule has 1 atom stereocenters. The lowest BCUT2D eigenvalue weighted by Crippen LogP contribution is -2.45. The first-order chi connectivity index (χ1) is 7.39. The second-order valence-corrected chi connectivity index (χ2v) is 5.37. The lowest BCUT2D eigenvalue weighted by molar-refractivity contribution is 0.0101. The van der Waals surface area contributed by atoms with Crippen molar-refractivity contribution in [3.63, 3.8) is 0 Å². The zero-order valence-electron chi connectivity index (χ0n) is 10.3. The summed E-state index contributed by atoms with van der Waals surface area (Å²) in [6, 6.07) is 0. The van der Waals surface area contributed by atoms with E-state index in [2.05, 4.69) is 0 Å². The van der Waals surface area contributed by atoms with Crippen molar-refractivity contribution in [1.82, 2.24) is 4.90 Å². The third-order valence-corrected chi connectivity index (χ3v) is 3.00. The standard InChI is InChI=1S/C12H19NO3/c1-11(2,3)16-10(14)13-8-5-9(15-4)12(13)6-7-12/h6-7,9H,5,8H2,1-4H3. The van der Waals surface area contributed by atoms with E-state index >= 15 is 0 Å². The highest BCUT2D eigenvalue weighted by molar-refractivity contribution is 5.73. The van der Waals surface area contributed by atoms with Crippen LogP contribution in [0.2, 0.25) is 0 Å². The Labute approximate surface area is 96.2 Å². The highest BCUT2D eigenvalue weighted by atomic mass is 16.6. The van der Waals surface area contributed by atoms with Crippen molar-refractivity contribution >= 4 is 6.09 Å². The molecule has 1 saturated heterocycles. The van der Waals surface area contributed by atoms with Gasteiger partial charge in [-0.05, 0) is 27.2 Å². The van der Waals surface area contributed by atoms with Gasteiger partial charge in [0.05, 0.1) is 6.10 Å². The summed E-state index contributed by atoms with van der Waals surface area (Å²) in [6.07, 6.45) is 4.72. The van der Waals surface area contributed by atoms with Crippen LogP contribution in [0.4, 0.5) is 4.79 Å². The Morgan fingerprint density at radius 1 is 1.44 bits per heavy atom. The van der Waals surface area contributed by atoms with E-state index in [0.29, 0.717) is 6.54 Å². The average Bonchev–Trinajstić information content (AvgIpc) is 2.78. The number of methoxy groups -OCH3 is 1. The van der Waals surface area contributed by atoms with Gasteiger partial charge in [0.1, 0.15) is 11.1 Å². The maximum atomic E-state index is 12.0. The molecular formula is C12H19NO3. The third-order valence-electron chi connectivity index (χ3n) is 3.00. The predicted octanol–water partition coefficient (Wildman–Crippen LogP) is 1.95. The zero-order chi connectivity index (χ0) is 12.0. The van der Waals surface area contributed by atoms with Crippen molar-refractivity contribution in [2.75, 3.05) is 13.7 Å². The predicted molar refractivity (Wildman–Crippen MR) is 60.2 cm³/mol. The van der Waals surface area contributed by atoms with E-state index in [9.17, 15) is 4.79 Å². The van der Waals surface area contributed by atoms with Crippen molar-refractivity contribution < 1.29 is 14.3 Å². The Balaban J connectivity index is 2.04. The Morgan fingerprint density at radius 3 is 2.50 bits per heavy atom. The van der Waals surface area contributed by atoms with Gasteiger partial charge in [-0.1, -0.05) is 12.2 Å². The van der Waals surface area contributed by atoms with Gasteiger partial charge in [-0.15, -0.1) is 0 Å². The van der Waals surface area contributed by atoms with Crippen molar-refractivity contribution in [3.05, 3.63) is 12.2 Å². The largest absolute Gasteiger partial charge is 0.444 e. The fraction of sp³-hybridized carbons (Fsp3) is 0.750. The molecule has 1 fully saturated rings. The summed E-state index contributed by atoms with van der Waals surface area (Å²) >= 11 is 0. The molecule has 0 saturated carbocycles. The summed E-state index contributed by atoms with van der Waals surface area (Å²) in [7, 11) is 1.69.